The minimum atomic E-state index is -3.67. The van der Waals surface area contributed by atoms with Crippen molar-refractivity contribution in [3.05, 3.63) is 29.3 Å². The van der Waals surface area contributed by atoms with Crippen molar-refractivity contribution in [2.45, 2.75) is 36.3 Å². The van der Waals surface area contributed by atoms with Gasteiger partial charge in [-0.2, -0.15) is 11.8 Å². The minimum absolute atomic E-state index is 0.0204. The van der Waals surface area contributed by atoms with Gasteiger partial charge in [-0.05, 0) is 43.2 Å². The molecule has 0 amide bonds. The second-order valence-electron chi connectivity index (χ2n) is 5.13. The van der Waals surface area contributed by atoms with Crippen LogP contribution in [0.1, 0.15) is 35.2 Å². The fraction of sp³-hybridized carbons (Fsp3) is 0.500. The molecule has 1 saturated heterocycles. The van der Waals surface area contributed by atoms with Gasteiger partial charge >= 0.3 is 5.97 Å². The second-order valence-corrected chi connectivity index (χ2v) is 8.27. The zero-order valence-electron chi connectivity index (χ0n) is 11.8. The molecule has 1 fully saturated rings. The maximum absolute atomic E-state index is 12.4. The summed E-state index contributed by atoms with van der Waals surface area (Å²) >= 11 is 1.79. The third-order valence-corrected chi connectivity index (χ3v) is 6.46. The lowest BCUT2D eigenvalue weighted by molar-refractivity contribution is 0.0696. The molecule has 1 aromatic carbocycles. The minimum Gasteiger partial charge on any atom is -0.478 e. The third-order valence-electron chi connectivity index (χ3n) is 3.50. The monoisotopic (exact) mass is 329 g/mol. The van der Waals surface area contributed by atoms with Gasteiger partial charge in [0.2, 0.25) is 10.0 Å². The molecular weight excluding hydrogens is 310 g/mol. The Bertz CT molecular complexity index is 622. The van der Waals surface area contributed by atoms with Crippen LogP contribution in [0.2, 0.25) is 0 Å². The molecule has 116 valence electrons. The molecule has 1 heterocycles. The number of carbonyl (C=O) groups is 1. The summed E-state index contributed by atoms with van der Waals surface area (Å²) in [7, 11) is -3.67. The van der Waals surface area contributed by atoms with Crippen molar-refractivity contribution in [3.8, 4) is 0 Å². The van der Waals surface area contributed by atoms with E-state index in [0.717, 1.165) is 18.6 Å². The molecule has 7 heteroatoms. The number of sulfonamides is 1. The van der Waals surface area contributed by atoms with Gasteiger partial charge in [0.25, 0.3) is 0 Å². The second kappa shape index (κ2) is 6.81. The molecule has 0 spiro atoms. The van der Waals surface area contributed by atoms with E-state index in [2.05, 4.69) is 4.72 Å². The Balaban J connectivity index is 2.14. The van der Waals surface area contributed by atoms with Crippen LogP contribution in [-0.4, -0.2) is 37.0 Å². The number of nitrogens with one attached hydrogen (secondary N) is 1. The molecule has 21 heavy (non-hydrogen) atoms. The highest BCUT2D eigenvalue weighted by Crippen LogP contribution is 2.25. The molecule has 1 unspecified atom stereocenters. The maximum atomic E-state index is 12.4. The van der Waals surface area contributed by atoms with E-state index in [1.807, 2.05) is 0 Å². The molecule has 0 aromatic heterocycles. The highest BCUT2D eigenvalue weighted by molar-refractivity contribution is 8.00. The first-order valence-electron chi connectivity index (χ1n) is 6.85. The average molecular weight is 329 g/mol. The normalized spacial score (nSPS) is 19.4. The number of aromatic carboxylic acids is 1. The molecule has 1 aromatic rings. The van der Waals surface area contributed by atoms with Crippen LogP contribution < -0.4 is 4.72 Å². The summed E-state index contributed by atoms with van der Waals surface area (Å²) in [6.07, 6.45) is 3.34. The van der Waals surface area contributed by atoms with Crippen LogP contribution in [0, 0.1) is 6.92 Å². The molecule has 0 radical (unpaired) electrons. The van der Waals surface area contributed by atoms with Crippen LogP contribution in [0.15, 0.2) is 23.1 Å². The van der Waals surface area contributed by atoms with E-state index in [1.54, 1.807) is 18.7 Å². The van der Waals surface area contributed by atoms with E-state index in [9.17, 15) is 13.2 Å². The van der Waals surface area contributed by atoms with Crippen molar-refractivity contribution < 1.29 is 18.3 Å². The Hall–Kier alpha value is -1.05. The molecule has 0 aliphatic carbocycles. The van der Waals surface area contributed by atoms with Crippen LogP contribution in [0.25, 0.3) is 0 Å². The first kappa shape index (κ1) is 16.3. The summed E-state index contributed by atoms with van der Waals surface area (Å²) in [5.41, 5.74) is 0.525. The van der Waals surface area contributed by atoms with Crippen LogP contribution >= 0.6 is 11.8 Å². The number of aryl methyl sites for hydroxylation is 1. The highest BCUT2D eigenvalue weighted by Gasteiger charge is 2.21. The zero-order chi connectivity index (χ0) is 15.5. The van der Waals surface area contributed by atoms with Gasteiger partial charge in [0.15, 0.2) is 0 Å². The fourth-order valence-corrected chi connectivity index (χ4v) is 4.97. The van der Waals surface area contributed by atoms with Gasteiger partial charge in [-0.25, -0.2) is 17.9 Å². The summed E-state index contributed by atoms with van der Waals surface area (Å²) in [4.78, 5) is 11.0. The van der Waals surface area contributed by atoms with E-state index in [0.29, 0.717) is 17.4 Å². The van der Waals surface area contributed by atoms with Crippen molar-refractivity contribution in [2.75, 3.05) is 12.3 Å². The SMILES string of the molecule is Cc1ccc(C(=O)O)cc1S(=O)(=O)NCC1CCCCS1. The predicted molar refractivity (Wildman–Crippen MR) is 83.4 cm³/mol. The lowest BCUT2D eigenvalue weighted by atomic mass is 10.1. The lowest BCUT2D eigenvalue weighted by Gasteiger charge is -2.21. The molecule has 2 rings (SSSR count). The fourth-order valence-electron chi connectivity index (χ4n) is 2.27. The third kappa shape index (κ3) is 4.21. The maximum Gasteiger partial charge on any atom is 0.335 e. The van der Waals surface area contributed by atoms with Crippen LogP contribution in [-0.2, 0) is 10.0 Å². The van der Waals surface area contributed by atoms with Gasteiger partial charge in [-0.1, -0.05) is 12.5 Å². The average Bonchev–Trinajstić information content (AvgIpc) is 2.46. The van der Waals surface area contributed by atoms with Crippen molar-refractivity contribution in [3.63, 3.8) is 0 Å². The van der Waals surface area contributed by atoms with Gasteiger partial charge < -0.3 is 5.11 Å². The molecule has 0 bridgehead atoms. The van der Waals surface area contributed by atoms with E-state index in [1.165, 1.54) is 24.6 Å². The van der Waals surface area contributed by atoms with Gasteiger partial charge in [-0.15, -0.1) is 0 Å². The Morgan fingerprint density at radius 2 is 2.19 bits per heavy atom. The van der Waals surface area contributed by atoms with E-state index in [-0.39, 0.29) is 10.5 Å². The Labute approximate surface area is 129 Å². The van der Waals surface area contributed by atoms with Crippen LogP contribution in [0.4, 0.5) is 0 Å². The van der Waals surface area contributed by atoms with Crippen molar-refractivity contribution in [1.29, 1.82) is 0 Å². The summed E-state index contributed by atoms with van der Waals surface area (Å²) in [5.74, 6) is -0.0609. The largest absolute Gasteiger partial charge is 0.478 e. The molecule has 1 atom stereocenters. The number of thioether (sulfide) groups is 1. The van der Waals surface area contributed by atoms with Crippen molar-refractivity contribution in [1.82, 2.24) is 4.72 Å². The molecular formula is C14H19NO4S2. The molecule has 5 nitrogen and oxygen atoms in total. The van der Waals surface area contributed by atoms with Gasteiger partial charge in [0.05, 0.1) is 10.5 Å². The van der Waals surface area contributed by atoms with E-state index >= 15 is 0 Å². The van der Waals surface area contributed by atoms with Crippen LogP contribution in [0.3, 0.4) is 0 Å². The number of hydrogen-bond acceptors (Lipinski definition) is 4. The molecule has 1 aliphatic rings. The van der Waals surface area contributed by atoms with Gasteiger partial charge in [-0.3, -0.25) is 0 Å². The number of hydrogen-bond donors (Lipinski definition) is 2. The van der Waals surface area contributed by atoms with E-state index in [4.69, 9.17) is 5.11 Å². The summed E-state index contributed by atoms with van der Waals surface area (Å²) in [6, 6.07) is 4.15. The van der Waals surface area contributed by atoms with Gasteiger partial charge in [0.1, 0.15) is 0 Å². The summed E-state index contributed by atoms with van der Waals surface area (Å²) < 4.78 is 27.3. The van der Waals surface area contributed by atoms with E-state index < -0.39 is 16.0 Å². The summed E-state index contributed by atoms with van der Waals surface area (Å²) in [5, 5.41) is 9.28. The lowest BCUT2D eigenvalue weighted by Crippen LogP contribution is -2.32. The summed E-state index contributed by atoms with van der Waals surface area (Å²) in [6.45, 7) is 2.05. The Kier molecular flexibility index (Phi) is 5.29. The topological polar surface area (TPSA) is 83.5 Å². The standard InChI is InChI=1S/C14H19NO4S2/c1-10-5-6-11(14(16)17)8-13(10)21(18,19)15-9-12-4-2-3-7-20-12/h5-6,8,12,15H,2-4,7,9H2,1H3,(H,16,17). The van der Waals surface area contributed by atoms with Crippen molar-refractivity contribution >= 4 is 27.8 Å². The number of carboxylic acid groups (broad SMARTS) is 1. The Morgan fingerprint density at radius 1 is 1.43 bits per heavy atom. The molecule has 2 N–H and O–H groups in total. The number of carboxylic acids is 1. The van der Waals surface area contributed by atoms with Crippen molar-refractivity contribution in [2.24, 2.45) is 0 Å². The zero-order valence-corrected chi connectivity index (χ0v) is 13.5. The number of rotatable bonds is 5. The predicted octanol–water partition coefficient (Wildman–Crippen LogP) is 2.26. The smallest absolute Gasteiger partial charge is 0.335 e. The van der Waals surface area contributed by atoms with Crippen LogP contribution in [0.5, 0.6) is 0 Å². The molecule has 0 saturated carbocycles. The molecule has 1 aliphatic heterocycles. The highest BCUT2D eigenvalue weighted by atomic mass is 32.2. The van der Waals surface area contributed by atoms with Gasteiger partial charge in [0, 0.05) is 11.8 Å². The number of benzene rings is 1. The first-order chi connectivity index (χ1) is 9.90. The first-order valence-corrected chi connectivity index (χ1v) is 9.38. The quantitative estimate of drug-likeness (QED) is 0.866. The Morgan fingerprint density at radius 3 is 2.81 bits per heavy atom.